The van der Waals surface area contributed by atoms with Crippen LogP contribution >= 0.6 is 0 Å². The van der Waals surface area contributed by atoms with Crippen LogP contribution < -0.4 is 16.4 Å². The van der Waals surface area contributed by atoms with E-state index in [9.17, 15) is 13.5 Å². The molecule has 7 aromatic rings. The molecule has 14 rings (SSSR count). The summed E-state index contributed by atoms with van der Waals surface area (Å²) in [4.78, 5) is 0.205. The molecule has 7 aliphatic rings. The summed E-state index contributed by atoms with van der Waals surface area (Å²) in [7, 11) is -4.70. The minimum Gasteiger partial charge on any atom is -0.399 e. The van der Waals surface area contributed by atoms with Crippen LogP contribution in [0.15, 0.2) is 157 Å². The SMILES string of the molecule is CC1(C)OB(c2cn[nH]c2)OC1(C)C.CC1(C)OB(c2cnn(C3CC(O)C3)c2)OC1(C)C.CC1(C)OB(c2cnn(C3CC(OCc4ccccc4)C3)c2)OC1(C)C.Cc1ccc(S(=O)(=O)OC2CC(OCc3ccccc3)C2)cc1.OC1CC(OCc2ccccc2)C1. The predicted octanol–water partition coefficient (Wildman–Crippen LogP) is 9.86. The maximum absolute atomic E-state index is 12.2. The van der Waals surface area contributed by atoms with Crippen LogP contribution in [0.3, 0.4) is 0 Å². The fourth-order valence-electron chi connectivity index (χ4n) is 11.1. The van der Waals surface area contributed by atoms with E-state index in [1.807, 2.05) is 151 Å². The van der Waals surface area contributed by atoms with Gasteiger partial charge in [0.1, 0.15) is 0 Å². The highest BCUT2D eigenvalue weighted by atomic mass is 32.2. The number of H-pyrrole nitrogens is 1. The molecule has 3 aliphatic heterocycles. The Labute approximate surface area is 562 Å². The van der Waals surface area contributed by atoms with Gasteiger partial charge in [-0.2, -0.15) is 23.7 Å². The molecular formula is C71H97B3N6O14S. The molecule has 0 unspecified atom stereocenters. The minimum atomic E-state index is -3.68. The molecule has 3 saturated heterocycles. The van der Waals surface area contributed by atoms with Gasteiger partial charge in [0.05, 0.1) is 107 Å². The summed E-state index contributed by atoms with van der Waals surface area (Å²) in [6.07, 6.45) is 17.6. The fourth-order valence-corrected chi connectivity index (χ4v) is 12.1. The number of nitrogens with zero attached hydrogens (tertiary/aromatic N) is 5. The van der Waals surface area contributed by atoms with E-state index in [0.717, 1.165) is 66.0 Å². The summed E-state index contributed by atoms with van der Waals surface area (Å²) in [6, 6.07) is 37.7. The Morgan fingerprint density at radius 3 is 1.17 bits per heavy atom. The molecule has 7 fully saturated rings. The number of aliphatic hydroxyl groups is 2. The van der Waals surface area contributed by atoms with Crippen molar-refractivity contribution in [3.63, 3.8) is 0 Å². The van der Waals surface area contributed by atoms with Crippen LogP contribution in [-0.4, -0.2) is 140 Å². The zero-order valence-electron chi connectivity index (χ0n) is 57.5. The summed E-state index contributed by atoms with van der Waals surface area (Å²) in [6.45, 7) is 28.4. The molecule has 20 nitrogen and oxygen atoms in total. The van der Waals surface area contributed by atoms with Gasteiger partial charge >= 0.3 is 21.4 Å². The van der Waals surface area contributed by atoms with Gasteiger partial charge in [-0.1, -0.05) is 109 Å². The average Bonchev–Trinajstić information content (AvgIpc) is 1.64. The number of aryl methyl sites for hydroxylation is 1. The molecule has 0 amide bonds. The monoisotopic (exact) mass is 1320 g/mol. The summed E-state index contributed by atoms with van der Waals surface area (Å²) in [5.41, 5.74) is 5.54. The molecule has 4 aromatic carbocycles. The molecule has 3 N–H and O–H groups in total. The van der Waals surface area contributed by atoms with Crippen molar-refractivity contribution in [2.45, 2.75) is 248 Å². The lowest BCUT2D eigenvalue weighted by atomic mass is 9.81. The van der Waals surface area contributed by atoms with Crippen LogP contribution in [0.4, 0.5) is 0 Å². The fraction of sp³-hybridized carbons (Fsp3) is 0.535. The maximum Gasteiger partial charge on any atom is 0.498 e. The summed E-state index contributed by atoms with van der Waals surface area (Å²) < 4.78 is 86.7. The van der Waals surface area contributed by atoms with E-state index < -0.39 is 10.1 Å². The van der Waals surface area contributed by atoms with Crippen molar-refractivity contribution in [3.05, 3.63) is 175 Å². The summed E-state index contributed by atoms with van der Waals surface area (Å²) >= 11 is 0. The second-order valence-electron chi connectivity index (χ2n) is 29.0. The van der Waals surface area contributed by atoms with E-state index in [1.54, 1.807) is 42.9 Å². The van der Waals surface area contributed by atoms with Gasteiger partial charge in [0, 0.05) is 66.4 Å². The highest BCUT2D eigenvalue weighted by molar-refractivity contribution is 7.86. The number of aromatic amines is 1. The van der Waals surface area contributed by atoms with Crippen LogP contribution in [0, 0.1) is 6.92 Å². The first-order valence-corrected chi connectivity index (χ1v) is 34.8. The third-order valence-electron chi connectivity index (χ3n) is 19.9. The zero-order chi connectivity index (χ0) is 68.0. The van der Waals surface area contributed by atoms with Crippen LogP contribution in [0.1, 0.15) is 169 Å². The summed E-state index contributed by atoms with van der Waals surface area (Å²) in [5, 5.41) is 33.9. The lowest BCUT2D eigenvalue weighted by molar-refractivity contribution is -0.0778. The van der Waals surface area contributed by atoms with Gasteiger partial charge in [-0.15, -0.1) is 0 Å². The maximum atomic E-state index is 12.2. The van der Waals surface area contributed by atoms with E-state index in [4.69, 9.17) is 51.4 Å². The Balaban J connectivity index is 0.000000132. The number of aromatic nitrogens is 6. The molecule has 95 heavy (non-hydrogen) atoms. The van der Waals surface area contributed by atoms with Crippen molar-refractivity contribution in [2.24, 2.45) is 0 Å². The Morgan fingerprint density at radius 2 is 0.811 bits per heavy atom. The van der Waals surface area contributed by atoms with Gasteiger partial charge in [-0.3, -0.25) is 18.6 Å². The predicted molar refractivity (Wildman–Crippen MR) is 366 cm³/mol. The number of hydrogen-bond acceptors (Lipinski definition) is 17. The molecule has 4 saturated carbocycles. The van der Waals surface area contributed by atoms with E-state index >= 15 is 0 Å². The summed E-state index contributed by atoms with van der Waals surface area (Å²) in [5.74, 6) is 0. The zero-order valence-corrected chi connectivity index (χ0v) is 58.3. The molecule has 0 spiro atoms. The van der Waals surface area contributed by atoms with E-state index in [1.165, 1.54) is 11.1 Å². The molecule has 3 aromatic heterocycles. The quantitative estimate of drug-likeness (QED) is 0.0569. The molecular weight excluding hydrogens is 1230 g/mol. The van der Waals surface area contributed by atoms with Crippen molar-refractivity contribution in [2.75, 3.05) is 0 Å². The van der Waals surface area contributed by atoms with Crippen LogP contribution in [-0.2, 0) is 76.3 Å². The Hall–Kier alpha value is -5.83. The Morgan fingerprint density at radius 1 is 0.463 bits per heavy atom. The van der Waals surface area contributed by atoms with E-state index in [-0.39, 0.29) is 90.4 Å². The lowest BCUT2D eigenvalue weighted by Crippen LogP contribution is -2.41. The smallest absolute Gasteiger partial charge is 0.399 e. The second-order valence-corrected chi connectivity index (χ2v) is 30.6. The standard InChI is InChI=1S/C20H27BN2O3.C18H20O4S.C13H21BN2O3.C11H14O2.C9H15BN2O2/c1-19(2)20(3,4)26-21(25-19)16-12-22-23(13-16)17-10-18(11-17)24-14-15-8-6-5-7-9-15;1-14-7-9-18(10-8-14)23(19,20)22-17-11-16(12-17)21-13-15-5-3-2-4-6-15;1-12(2)13(3,4)19-14(18-12)9-7-15-16(8-9)10-5-11(17)6-10;12-10-6-11(7-10)13-8-9-4-2-1-3-5-9;1-8(2)9(3,4)14-10(13-8)7-5-11-12-6-7/h5-9,12-13,17-18H,10-11,14H2,1-4H3;2-10,16-17H,11-13H2,1H3;7-8,10-11,17H,5-6H2,1-4H3;1-5,10-12H,6-8H2;5-6H,1-4H3,(H,11,12). The first kappa shape index (κ1) is 71.9. The number of hydrogen-bond donors (Lipinski definition) is 3. The van der Waals surface area contributed by atoms with Crippen molar-refractivity contribution >= 4 is 47.9 Å². The molecule has 24 heteroatoms. The van der Waals surface area contributed by atoms with Gasteiger partial charge < -0.3 is 52.3 Å². The molecule has 0 bridgehead atoms. The number of rotatable bonds is 17. The largest absolute Gasteiger partial charge is 0.498 e. The Kier molecular flexibility index (Phi) is 22.8. The van der Waals surface area contributed by atoms with Gasteiger partial charge in [-0.25, -0.2) is 0 Å². The molecule has 4 aliphatic carbocycles. The normalized spacial score (nSPS) is 26.1. The lowest BCUT2D eigenvalue weighted by Gasteiger charge is -2.35. The van der Waals surface area contributed by atoms with Crippen LogP contribution in [0.5, 0.6) is 0 Å². The minimum absolute atomic E-state index is 0.0634. The van der Waals surface area contributed by atoms with Crippen molar-refractivity contribution in [1.82, 2.24) is 29.8 Å². The molecule has 0 atom stereocenters. The van der Waals surface area contributed by atoms with Crippen LogP contribution in [0.2, 0.25) is 0 Å². The average molecular weight is 1320 g/mol. The van der Waals surface area contributed by atoms with Gasteiger partial charge in [0.2, 0.25) is 0 Å². The highest BCUT2D eigenvalue weighted by Gasteiger charge is 2.54. The number of aliphatic hydroxyl groups excluding tert-OH is 2. The molecule has 510 valence electrons. The van der Waals surface area contributed by atoms with Crippen LogP contribution in [0.25, 0.3) is 0 Å². The van der Waals surface area contributed by atoms with E-state index in [2.05, 4.69) is 78.6 Å². The van der Waals surface area contributed by atoms with E-state index in [0.29, 0.717) is 50.8 Å². The first-order valence-electron chi connectivity index (χ1n) is 33.4. The molecule has 6 heterocycles. The number of benzene rings is 4. The third-order valence-corrected chi connectivity index (χ3v) is 21.3. The number of nitrogens with one attached hydrogen (secondary N) is 1. The molecule has 0 radical (unpaired) electrons. The van der Waals surface area contributed by atoms with Gasteiger partial charge in [-0.05, 0) is 157 Å². The number of ether oxygens (including phenoxy) is 3. The van der Waals surface area contributed by atoms with Gasteiger partial charge in [0.25, 0.3) is 10.1 Å². The van der Waals surface area contributed by atoms with Crippen molar-refractivity contribution < 1.29 is 65.0 Å². The van der Waals surface area contributed by atoms with Crippen molar-refractivity contribution in [1.29, 1.82) is 0 Å². The highest BCUT2D eigenvalue weighted by Crippen LogP contribution is 2.40. The second kappa shape index (κ2) is 30.1. The van der Waals surface area contributed by atoms with Gasteiger partial charge in [0.15, 0.2) is 0 Å². The van der Waals surface area contributed by atoms with Crippen molar-refractivity contribution in [3.8, 4) is 0 Å². The topological polar surface area (TPSA) is 231 Å². The third kappa shape index (κ3) is 18.5. The Bertz CT molecular complexity index is 3570. The first-order chi connectivity index (χ1) is 44.9.